The van der Waals surface area contributed by atoms with E-state index in [1.807, 2.05) is 18.2 Å². The van der Waals surface area contributed by atoms with Crippen molar-refractivity contribution in [2.24, 2.45) is 0 Å². The first-order valence-electron chi connectivity index (χ1n) is 20.6. The van der Waals surface area contributed by atoms with Gasteiger partial charge in [0.15, 0.2) is 18.9 Å². The van der Waals surface area contributed by atoms with Crippen LogP contribution in [-0.4, -0.2) is 6.15 Å². The normalized spacial score (nSPS) is 13.5. The number of aromatic nitrogens is 1. The topological polar surface area (TPSA) is 3.88 Å². The molecule has 7 rings (SSSR count). The summed E-state index contributed by atoms with van der Waals surface area (Å²) in [5, 5.41) is 3.07. The minimum atomic E-state index is -6.13. The summed E-state index contributed by atoms with van der Waals surface area (Å²) in [4.78, 5) is 0. The highest BCUT2D eigenvalue weighted by molar-refractivity contribution is 7.20. The van der Waals surface area contributed by atoms with Gasteiger partial charge in [0.2, 0.25) is 0 Å². The molecule has 75 heavy (non-hydrogen) atoms. The zero-order valence-corrected chi connectivity index (χ0v) is 37.2. The van der Waals surface area contributed by atoms with Crippen LogP contribution < -0.4 is 26.4 Å². The molecule has 400 valence electrons. The van der Waals surface area contributed by atoms with E-state index in [2.05, 4.69) is 53.4 Å². The summed E-state index contributed by atoms with van der Waals surface area (Å²) in [6, 6.07) is 9.68. The van der Waals surface area contributed by atoms with Crippen LogP contribution in [0.2, 0.25) is 5.02 Å². The van der Waals surface area contributed by atoms with Crippen molar-refractivity contribution < 1.29 is 110 Å². The summed E-state index contributed by atoms with van der Waals surface area (Å²) in [5.41, 5.74) is -28.9. The van der Waals surface area contributed by atoms with Gasteiger partial charge < -0.3 is 0 Å². The third kappa shape index (κ3) is 13.1. The molecule has 0 saturated carbocycles. The zero-order chi connectivity index (χ0) is 56.3. The first-order valence-corrected chi connectivity index (χ1v) is 20.9. The molecule has 0 amide bonds. The van der Waals surface area contributed by atoms with Crippen molar-refractivity contribution in [1.29, 1.82) is 0 Å². The van der Waals surface area contributed by atoms with Crippen molar-refractivity contribution in [1.82, 2.24) is 0 Å². The standard InChI is InChI=1S/C32H12BF24.C16H13ClN/c34-25(35,36)13-1-14(26(37,38)39)6-21(5-13)33(22-7-15(27(40,41)42)2-16(8-22)28(43,44)45,23-9-17(29(46,47)48)3-18(10-23)30(49,50)51)24-11-19(31(52,53)54)4-20(12-24)32(55,56)57;17-16-8-4-7-14-12-18(10-9-15(14)16)11-13-5-2-1-3-6-13/h1-12H;1-10,12H,11H2/q-1;+1. The van der Waals surface area contributed by atoms with Crippen LogP contribution in [-0.2, 0) is 56.0 Å². The van der Waals surface area contributed by atoms with Crippen LogP contribution in [0, 0.1) is 0 Å². The highest BCUT2D eigenvalue weighted by Gasteiger charge is 2.47. The number of nitrogens with zero attached hydrogens (tertiary/aromatic N) is 1. The van der Waals surface area contributed by atoms with Crippen molar-refractivity contribution in [3.63, 3.8) is 0 Å². The second-order valence-corrected chi connectivity index (χ2v) is 17.0. The first-order chi connectivity index (χ1) is 34.1. The average molecular weight is 1120 g/mol. The van der Waals surface area contributed by atoms with Gasteiger partial charge in [-0.1, -0.05) is 96.5 Å². The number of hydrogen-bond donors (Lipinski definition) is 0. The number of benzene rings is 6. The number of pyridine rings is 1. The van der Waals surface area contributed by atoms with Gasteiger partial charge in [-0.2, -0.15) is 127 Å². The van der Waals surface area contributed by atoms with E-state index in [0.29, 0.717) is 0 Å². The van der Waals surface area contributed by atoms with Crippen LogP contribution in [0.3, 0.4) is 0 Å². The van der Waals surface area contributed by atoms with Gasteiger partial charge >= 0.3 is 49.4 Å². The lowest BCUT2D eigenvalue weighted by Gasteiger charge is -2.46. The molecular weight excluding hydrogens is 1090 g/mol. The molecule has 0 bridgehead atoms. The van der Waals surface area contributed by atoms with E-state index >= 15 is 0 Å². The highest BCUT2D eigenvalue weighted by atomic mass is 35.5. The second-order valence-electron chi connectivity index (χ2n) is 16.6. The van der Waals surface area contributed by atoms with Gasteiger partial charge in [0, 0.05) is 27.4 Å². The fourth-order valence-corrected chi connectivity index (χ4v) is 8.44. The monoisotopic (exact) mass is 1120 g/mol. The van der Waals surface area contributed by atoms with Gasteiger partial charge in [-0.05, 0) is 36.4 Å². The van der Waals surface area contributed by atoms with Crippen LogP contribution in [0.4, 0.5) is 105 Å². The molecule has 0 saturated heterocycles. The van der Waals surface area contributed by atoms with Crippen LogP contribution in [0.1, 0.15) is 50.1 Å². The Balaban J connectivity index is 0.000000421. The van der Waals surface area contributed by atoms with E-state index in [1.165, 1.54) is 10.9 Å². The van der Waals surface area contributed by atoms with E-state index in [-0.39, 0.29) is 0 Å². The zero-order valence-electron chi connectivity index (χ0n) is 36.5. The Labute approximate surface area is 410 Å². The largest absolute Gasteiger partial charge is 0.416 e. The van der Waals surface area contributed by atoms with Gasteiger partial charge in [0.1, 0.15) is 6.15 Å². The molecule has 0 atom stereocenters. The van der Waals surface area contributed by atoms with Gasteiger partial charge in [0.05, 0.1) is 44.5 Å². The van der Waals surface area contributed by atoms with Gasteiger partial charge in [-0.15, -0.1) is 0 Å². The molecule has 0 aliphatic heterocycles. The molecule has 0 fully saturated rings. The molecule has 6 aromatic carbocycles. The van der Waals surface area contributed by atoms with Gasteiger partial charge in [-0.25, -0.2) is 4.57 Å². The maximum absolute atomic E-state index is 14.2. The molecule has 0 unspecified atom stereocenters. The van der Waals surface area contributed by atoms with Crippen LogP contribution in [0.15, 0.2) is 140 Å². The minimum absolute atomic E-state index is 0.691. The highest BCUT2D eigenvalue weighted by Crippen LogP contribution is 2.41. The predicted molar refractivity (Wildman–Crippen MR) is 225 cm³/mol. The van der Waals surface area contributed by atoms with E-state index in [1.54, 1.807) is 0 Å². The smallest absolute Gasteiger partial charge is 0.200 e. The molecule has 27 heteroatoms. The van der Waals surface area contributed by atoms with Crippen LogP contribution >= 0.6 is 11.6 Å². The molecule has 1 nitrogen and oxygen atoms in total. The lowest BCUT2D eigenvalue weighted by Crippen LogP contribution is -2.75. The summed E-state index contributed by atoms with van der Waals surface area (Å²) < 4.78 is 343. The fourth-order valence-electron chi connectivity index (χ4n) is 8.20. The van der Waals surface area contributed by atoms with E-state index in [4.69, 9.17) is 11.6 Å². The molecule has 1 aromatic heterocycles. The Hall–Kier alpha value is -6.60. The number of alkyl halides is 24. The quantitative estimate of drug-likeness (QED) is 0.0888. The summed E-state index contributed by atoms with van der Waals surface area (Å²) in [5.74, 6) is 0. The van der Waals surface area contributed by atoms with Crippen LogP contribution in [0.25, 0.3) is 10.8 Å². The van der Waals surface area contributed by atoms with Crippen molar-refractivity contribution in [3.05, 3.63) is 195 Å². The number of halogens is 25. The first kappa shape index (κ1) is 57.7. The van der Waals surface area contributed by atoms with Crippen LogP contribution in [0.5, 0.6) is 0 Å². The number of hydrogen-bond acceptors (Lipinski definition) is 0. The molecular formula is C48H25BClF24N. The van der Waals surface area contributed by atoms with Crippen molar-refractivity contribution >= 4 is 50.4 Å². The number of fused-ring (bicyclic) bond motifs is 1. The van der Waals surface area contributed by atoms with Crippen molar-refractivity contribution in [2.45, 2.75) is 56.0 Å². The number of rotatable bonds is 6. The SMILES string of the molecule is Clc1cccc2c[n+](Cc3ccccc3)ccc12.FC(F)(F)c1cc([B-](c2cc(C(F)(F)F)cc(C(F)(F)F)c2)(c2cc(C(F)(F)F)cc(C(F)(F)F)c2)c2cc(C(F)(F)F)cc(C(F)(F)F)c2)cc(C(F)(F)F)c1. The molecule has 7 aromatic rings. The molecule has 0 aliphatic rings. The maximum Gasteiger partial charge on any atom is 0.416 e. The summed E-state index contributed by atoms with van der Waals surface area (Å²) in [6.45, 7) is 0.878. The Kier molecular flexibility index (Phi) is 15.3. The lowest BCUT2D eigenvalue weighted by molar-refractivity contribution is -0.687. The third-order valence-corrected chi connectivity index (χ3v) is 11.8. The molecule has 0 aliphatic carbocycles. The fraction of sp³-hybridized carbons (Fsp3) is 0.188. The van der Waals surface area contributed by atoms with Gasteiger partial charge in [0.25, 0.3) is 0 Å². The van der Waals surface area contributed by atoms with E-state index in [9.17, 15) is 105 Å². The van der Waals surface area contributed by atoms with Crippen molar-refractivity contribution in [3.8, 4) is 0 Å². The summed E-state index contributed by atoms with van der Waals surface area (Å²) in [6.07, 6.45) is -50.6. The summed E-state index contributed by atoms with van der Waals surface area (Å²) >= 11 is 6.16. The Morgan fingerprint density at radius 2 is 0.613 bits per heavy atom. The maximum atomic E-state index is 14.2. The van der Waals surface area contributed by atoms with Crippen molar-refractivity contribution in [2.75, 3.05) is 0 Å². The molecule has 0 radical (unpaired) electrons. The lowest BCUT2D eigenvalue weighted by atomic mass is 9.12. The Morgan fingerprint density at radius 3 is 0.880 bits per heavy atom. The Bertz CT molecular complexity index is 2760. The molecule has 1 heterocycles. The molecule has 0 spiro atoms. The Morgan fingerprint density at radius 1 is 0.333 bits per heavy atom. The van der Waals surface area contributed by atoms with Gasteiger partial charge in [-0.3, -0.25) is 0 Å². The second kappa shape index (κ2) is 19.8. The third-order valence-electron chi connectivity index (χ3n) is 11.5. The summed E-state index contributed by atoms with van der Waals surface area (Å²) in [7, 11) is 0. The predicted octanol–water partition coefficient (Wildman–Crippen LogP) is 15.0. The minimum Gasteiger partial charge on any atom is -0.200 e. The van der Waals surface area contributed by atoms with E-state index in [0.717, 1.165) is 17.0 Å². The van der Waals surface area contributed by atoms with E-state index < -0.39 is 195 Å². The molecule has 0 N–H and O–H groups in total. The average Bonchev–Trinajstić information content (AvgIpc) is 3.27.